The summed E-state index contributed by atoms with van der Waals surface area (Å²) in [6.07, 6.45) is 0. The smallest absolute Gasteiger partial charge is 0.264 e. The van der Waals surface area contributed by atoms with Gasteiger partial charge in [-0.25, -0.2) is 8.42 Å². The first-order valence-corrected chi connectivity index (χ1v) is 14.1. The van der Waals surface area contributed by atoms with E-state index >= 15 is 0 Å². The molecule has 6 nitrogen and oxygen atoms in total. The Labute approximate surface area is 220 Å². The first kappa shape index (κ1) is 24.8. The van der Waals surface area contributed by atoms with Crippen LogP contribution in [0.15, 0.2) is 95.9 Å². The summed E-state index contributed by atoms with van der Waals surface area (Å²) in [7, 11) is -2.22. The molecular formula is C29H26N2O4S2. The van der Waals surface area contributed by atoms with Crippen molar-refractivity contribution in [1.29, 1.82) is 0 Å². The van der Waals surface area contributed by atoms with Gasteiger partial charge in [-0.2, -0.15) is 0 Å². The van der Waals surface area contributed by atoms with E-state index in [1.54, 1.807) is 37.3 Å². The maximum absolute atomic E-state index is 13.3. The van der Waals surface area contributed by atoms with Crippen molar-refractivity contribution >= 4 is 53.8 Å². The number of carbonyl (C=O) groups excluding carboxylic acids is 1. The van der Waals surface area contributed by atoms with Gasteiger partial charge in [0.05, 0.1) is 22.6 Å². The van der Waals surface area contributed by atoms with E-state index in [-0.39, 0.29) is 17.3 Å². The standard InChI is InChI=1S/C29H26N2O4S2/c1-3-31(37(33,34)25-14-12-24(35-2)13-15-25)23-11-16-27-22(17-23)18-28(36-27)29(32)30-19-21-9-6-8-20-7-4-5-10-26(20)21/h4-18H,3,19H2,1-2H3,(H,30,32). The molecule has 5 aromatic rings. The number of nitrogens with zero attached hydrogens (tertiary/aromatic N) is 1. The molecule has 1 N–H and O–H groups in total. The third-order valence-electron chi connectivity index (χ3n) is 6.27. The Balaban J connectivity index is 1.37. The van der Waals surface area contributed by atoms with E-state index in [4.69, 9.17) is 4.74 Å². The molecule has 37 heavy (non-hydrogen) atoms. The number of nitrogens with one attached hydrogen (secondary N) is 1. The van der Waals surface area contributed by atoms with Crippen molar-refractivity contribution in [2.45, 2.75) is 18.4 Å². The molecular weight excluding hydrogens is 504 g/mol. The van der Waals surface area contributed by atoms with E-state index in [0.29, 0.717) is 22.9 Å². The molecule has 0 fully saturated rings. The normalized spacial score (nSPS) is 11.5. The zero-order valence-electron chi connectivity index (χ0n) is 20.5. The highest BCUT2D eigenvalue weighted by atomic mass is 32.2. The number of carbonyl (C=O) groups is 1. The first-order valence-electron chi connectivity index (χ1n) is 11.9. The Morgan fingerprint density at radius 2 is 1.68 bits per heavy atom. The van der Waals surface area contributed by atoms with Crippen LogP contribution in [0.4, 0.5) is 5.69 Å². The van der Waals surface area contributed by atoms with E-state index in [1.807, 2.05) is 42.5 Å². The van der Waals surface area contributed by atoms with Crippen LogP contribution in [0, 0.1) is 0 Å². The third-order valence-corrected chi connectivity index (χ3v) is 9.30. The van der Waals surface area contributed by atoms with Crippen molar-refractivity contribution < 1.29 is 17.9 Å². The minimum atomic E-state index is -3.76. The summed E-state index contributed by atoms with van der Waals surface area (Å²) in [5, 5.41) is 6.10. The summed E-state index contributed by atoms with van der Waals surface area (Å²) in [4.78, 5) is 13.7. The van der Waals surface area contributed by atoms with E-state index in [2.05, 4.69) is 23.5 Å². The van der Waals surface area contributed by atoms with Gasteiger partial charge in [-0.05, 0) is 77.2 Å². The van der Waals surface area contributed by atoms with Crippen LogP contribution in [0.5, 0.6) is 5.75 Å². The topological polar surface area (TPSA) is 75.7 Å². The molecule has 5 rings (SSSR count). The number of benzene rings is 4. The predicted octanol–water partition coefficient (Wildman–Crippen LogP) is 6.21. The number of ether oxygens (including phenoxy) is 1. The number of thiophene rings is 1. The number of anilines is 1. The van der Waals surface area contributed by atoms with Crippen molar-refractivity contribution in [3.8, 4) is 5.75 Å². The monoisotopic (exact) mass is 530 g/mol. The third kappa shape index (κ3) is 4.90. The number of methoxy groups -OCH3 is 1. The number of hydrogen-bond acceptors (Lipinski definition) is 5. The van der Waals surface area contributed by atoms with E-state index < -0.39 is 10.0 Å². The van der Waals surface area contributed by atoms with E-state index in [0.717, 1.165) is 26.4 Å². The second-order valence-corrected chi connectivity index (χ2v) is 11.4. The van der Waals surface area contributed by atoms with Crippen molar-refractivity contribution in [3.63, 3.8) is 0 Å². The number of rotatable bonds is 8. The Kier molecular flexibility index (Phi) is 6.86. The molecule has 0 saturated heterocycles. The fourth-order valence-corrected chi connectivity index (χ4v) is 6.80. The highest BCUT2D eigenvalue weighted by Crippen LogP contribution is 2.32. The maximum atomic E-state index is 13.3. The van der Waals surface area contributed by atoms with Crippen LogP contribution < -0.4 is 14.4 Å². The maximum Gasteiger partial charge on any atom is 0.264 e. The van der Waals surface area contributed by atoms with Crippen LogP contribution in [-0.2, 0) is 16.6 Å². The van der Waals surface area contributed by atoms with Crippen LogP contribution >= 0.6 is 11.3 Å². The van der Waals surface area contributed by atoms with Crippen molar-refractivity contribution in [2.24, 2.45) is 0 Å². The Bertz CT molecular complexity index is 1690. The second kappa shape index (κ2) is 10.2. The van der Waals surface area contributed by atoms with Crippen molar-refractivity contribution in [1.82, 2.24) is 5.32 Å². The molecule has 0 atom stereocenters. The zero-order valence-corrected chi connectivity index (χ0v) is 22.1. The lowest BCUT2D eigenvalue weighted by Crippen LogP contribution is -2.30. The fourth-order valence-electron chi connectivity index (χ4n) is 4.37. The molecule has 0 spiro atoms. The van der Waals surface area contributed by atoms with E-state index in [1.165, 1.54) is 22.8 Å². The summed E-state index contributed by atoms with van der Waals surface area (Å²) < 4.78 is 34.1. The van der Waals surface area contributed by atoms with Crippen LogP contribution in [-0.4, -0.2) is 28.0 Å². The zero-order chi connectivity index (χ0) is 26.0. The fraction of sp³-hybridized carbons (Fsp3) is 0.138. The molecule has 0 aliphatic heterocycles. The highest BCUT2D eigenvalue weighted by molar-refractivity contribution is 7.92. The minimum absolute atomic E-state index is 0.158. The predicted molar refractivity (Wildman–Crippen MR) is 150 cm³/mol. The van der Waals surface area contributed by atoms with Crippen LogP contribution in [0.3, 0.4) is 0 Å². The largest absolute Gasteiger partial charge is 0.497 e. The minimum Gasteiger partial charge on any atom is -0.497 e. The molecule has 1 heterocycles. The lowest BCUT2D eigenvalue weighted by molar-refractivity contribution is 0.0955. The SMILES string of the molecule is CCN(c1ccc2sc(C(=O)NCc3cccc4ccccc34)cc2c1)S(=O)(=O)c1ccc(OC)cc1. The van der Waals surface area contributed by atoms with Crippen LogP contribution in [0.25, 0.3) is 20.9 Å². The highest BCUT2D eigenvalue weighted by Gasteiger charge is 2.24. The van der Waals surface area contributed by atoms with Gasteiger partial charge in [0.1, 0.15) is 5.75 Å². The van der Waals surface area contributed by atoms with E-state index in [9.17, 15) is 13.2 Å². The number of hydrogen-bond donors (Lipinski definition) is 1. The Morgan fingerprint density at radius 3 is 2.43 bits per heavy atom. The average molecular weight is 531 g/mol. The van der Waals surface area contributed by atoms with Gasteiger partial charge in [0.25, 0.3) is 15.9 Å². The van der Waals surface area contributed by atoms with Gasteiger partial charge < -0.3 is 10.1 Å². The molecule has 0 radical (unpaired) electrons. The molecule has 0 saturated carbocycles. The van der Waals surface area contributed by atoms with Gasteiger partial charge in [0, 0.05) is 17.8 Å². The quantitative estimate of drug-likeness (QED) is 0.259. The Hall–Kier alpha value is -3.88. The van der Waals surface area contributed by atoms with Crippen LogP contribution in [0.2, 0.25) is 0 Å². The summed E-state index contributed by atoms with van der Waals surface area (Å²) >= 11 is 1.39. The van der Waals surface area contributed by atoms with Crippen LogP contribution in [0.1, 0.15) is 22.2 Å². The summed E-state index contributed by atoms with van der Waals surface area (Å²) in [5.41, 5.74) is 1.60. The molecule has 1 amide bonds. The van der Waals surface area contributed by atoms with Gasteiger partial charge in [-0.3, -0.25) is 9.10 Å². The molecule has 4 aromatic carbocycles. The summed E-state index contributed by atoms with van der Waals surface area (Å²) in [6, 6.07) is 27.8. The van der Waals surface area contributed by atoms with Crippen molar-refractivity contribution in [2.75, 3.05) is 18.0 Å². The second-order valence-electron chi connectivity index (χ2n) is 8.50. The van der Waals surface area contributed by atoms with Gasteiger partial charge in [-0.15, -0.1) is 11.3 Å². The molecule has 1 aromatic heterocycles. The lowest BCUT2D eigenvalue weighted by atomic mass is 10.0. The molecule has 0 bridgehead atoms. The van der Waals surface area contributed by atoms with Gasteiger partial charge in [0.2, 0.25) is 0 Å². The van der Waals surface area contributed by atoms with Gasteiger partial charge in [0.15, 0.2) is 0 Å². The molecule has 8 heteroatoms. The lowest BCUT2D eigenvalue weighted by Gasteiger charge is -2.23. The van der Waals surface area contributed by atoms with Gasteiger partial charge >= 0.3 is 0 Å². The molecule has 0 aliphatic rings. The number of amides is 1. The molecule has 0 unspecified atom stereocenters. The molecule has 0 aliphatic carbocycles. The van der Waals surface area contributed by atoms with Gasteiger partial charge in [-0.1, -0.05) is 42.5 Å². The number of fused-ring (bicyclic) bond motifs is 2. The average Bonchev–Trinajstić information content (AvgIpc) is 3.36. The van der Waals surface area contributed by atoms with Crippen molar-refractivity contribution in [3.05, 3.63) is 101 Å². The molecule has 188 valence electrons. The number of sulfonamides is 1. The Morgan fingerprint density at radius 1 is 0.919 bits per heavy atom. The summed E-state index contributed by atoms with van der Waals surface area (Å²) in [5.74, 6) is 0.432. The summed E-state index contributed by atoms with van der Waals surface area (Å²) in [6.45, 7) is 2.48. The first-order chi connectivity index (χ1) is 17.9.